The Balaban J connectivity index is 0.000000245. The van der Waals surface area contributed by atoms with Crippen molar-refractivity contribution in [2.45, 2.75) is 37.1 Å². The smallest absolute Gasteiger partial charge is 0.253 e. The fraction of sp³-hybridized carbons (Fsp3) is 0.273. The lowest BCUT2D eigenvalue weighted by molar-refractivity contribution is 0.371. The lowest BCUT2D eigenvalue weighted by atomic mass is 10.2. The molecule has 33 heavy (non-hydrogen) atoms. The molecule has 0 N–H and O–H groups in total. The van der Waals surface area contributed by atoms with Crippen molar-refractivity contribution >= 4 is 23.5 Å². The average Bonchev–Trinajstić information content (AvgIpc) is 2.81. The zero-order chi connectivity index (χ0) is 24.7. The van der Waals surface area contributed by atoms with Crippen LogP contribution in [0.1, 0.15) is 25.1 Å². The summed E-state index contributed by atoms with van der Waals surface area (Å²) in [7, 11) is 0. The van der Waals surface area contributed by atoms with E-state index in [2.05, 4.69) is 9.97 Å². The van der Waals surface area contributed by atoms with Crippen molar-refractivity contribution in [3.63, 3.8) is 0 Å². The third-order valence-electron chi connectivity index (χ3n) is 4.16. The summed E-state index contributed by atoms with van der Waals surface area (Å²) in [5.41, 5.74) is 0.810. The SMILES string of the molecule is CCSc1c(F)c(F)nc(SC)c1F.CCc1ccc(Oc2c(F)c(C)nc(F)c2F)cc1. The molecule has 2 aromatic heterocycles. The van der Waals surface area contributed by atoms with E-state index in [1.54, 1.807) is 37.4 Å². The second kappa shape index (κ2) is 12.2. The number of rotatable bonds is 6. The van der Waals surface area contributed by atoms with E-state index >= 15 is 0 Å². The molecule has 0 amide bonds. The Morgan fingerprint density at radius 3 is 1.97 bits per heavy atom. The van der Waals surface area contributed by atoms with Crippen LogP contribution in [-0.4, -0.2) is 22.0 Å². The molecule has 1 aromatic carbocycles. The molecule has 11 heteroatoms. The van der Waals surface area contributed by atoms with Gasteiger partial charge in [0.1, 0.15) is 10.8 Å². The fourth-order valence-electron chi connectivity index (χ4n) is 2.48. The van der Waals surface area contributed by atoms with Crippen molar-refractivity contribution < 1.29 is 31.1 Å². The molecule has 0 aliphatic carbocycles. The summed E-state index contributed by atoms with van der Waals surface area (Å²) in [5.74, 6) is -7.08. The van der Waals surface area contributed by atoms with Gasteiger partial charge in [-0.05, 0) is 43.0 Å². The van der Waals surface area contributed by atoms with Crippen LogP contribution < -0.4 is 4.74 Å². The Hall–Kier alpha value is -2.40. The third-order valence-corrected chi connectivity index (χ3v) is 5.76. The molecule has 0 unspecified atom stereocenters. The minimum absolute atomic E-state index is 0.111. The number of thioether (sulfide) groups is 2. The quantitative estimate of drug-likeness (QED) is 0.197. The maximum atomic E-state index is 13.7. The molecule has 0 aliphatic rings. The van der Waals surface area contributed by atoms with Crippen molar-refractivity contribution in [2.24, 2.45) is 0 Å². The summed E-state index contributed by atoms with van der Waals surface area (Å²) < 4.78 is 84.6. The number of nitrogens with zero attached hydrogens (tertiary/aromatic N) is 2. The Kier molecular flexibility index (Phi) is 9.90. The number of aryl methyl sites for hydroxylation is 2. The highest BCUT2D eigenvalue weighted by atomic mass is 32.2. The van der Waals surface area contributed by atoms with E-state index in [-0.39, 0.29) is 21.4 Å². The molecule has 0 radical (unpaired) electrons. The molecule has 0 spiro atoms. The van der Waals surface area contributed by atoms with Crippen LogP contribution in [0.2, 0.25) is 0 Å². The molecule has 3 aromatic rings. The number of hydrogen-bond donors (Lipinski definition) is 0. The summed E-state index contributed by atoms with van der Waals surface area (Å²) in [6, 6.07) is 6.70. The first-order valence-corrected chi connectivity index (χ1v) is 11.8. The van der Waals surface area contributed by atoms with E-state index < -0.39 is 40.9 Å². The standard InChI is InChI=1S/C14H12F3NO.C8H8F3NS2/c1-3-9-4-6-10(7-5-9)19-13-11(15)8(2)18-14(17)12(13)16;1-3-14-6-4(9)7(11)12-8(13-2)5(6)10/h4-7H,3H2,1-2H3;3H2,1-2H3. The highest BCUT2D eigenvalue weighted by Gasteiger charge is 2.21. The molecule has 3 nitrogen and oxygen atoms in total. The lowest BCUT2D eigenvalue weighted by Gasteiger charge is -2.09. The van der Waals surface area contributed by atoms with Crippen LogP contribution in [0.3, 0.4) is 0 Å². The number of aromatic nitrogens is 2. The molecular formula is C22H20F6N2OS2. The number of ether oxygens (including phenoxy) is 1. The van der Waals surface area contributed by atoms with Gasteiger partial charge in [-0.1, -0.05) is 26.0 Å². The van der Waals surface area contributed by atoms with Crippen molar-refractivity contribution in [1.82, 2.24) is 9.97 Å². The van der Waals surface area contributed by atoms with Gasteiger partial charge in [0.2, 0.25) is 11.6 Å². The Labute approximate surface area is 196 Å². The maximum absolute atomic E-state index is 13.7. The second-order valence-electron chi connectivity index (χ2n) is 6.35. The minimum atomic E-state index is -1.43. The third kappa shape index (κ3) is 6.57. The van der Waals surface area contributed by atoms with Gasteiger partial charge in [0.15, 0.2) is 17.5 Å². The zero-order valence-corrected chi connectivity index (χ0v) is 19.7. The number of hydrogen-bond acceptors (Lipinski definition) is 5. The minimum Gasteiger partial charge on any atom is -0.451 e. The molecule has 0 fully saturated rings. The van der Waals surface area contributed by atoms with Gasteiger partial charge < -0.3 is 4.74 Å². The van der Waals surface area contributed by atoms with Gasteiger partial charge >= 0.3 is 0 Å². The summed E-state index contributed by atoms with van der Waals surface area (Å²) in [4.78, 5) is 5.98. The van der Waals surface area contributed by atoms with Crippen molar-refractivity contribution in [3.8, 4) is 11.5 Å². The van der Waals surface area contributed by atoms with Crippen molar-refractivity contribution in [2.75, 3.05) is 12.0 Å². The molecule has 3 rings (SSSR count). The highest BCUT2D eigenvalue weighted by Crippen LogP contribution is 2.31. The summed E-state index contributed by atoms with van der Waals surface area (Å²) in [6.45, 7) is 4.96. The Morgan fingerprint density at radius 2 is 1.42 bits per heavy atom. The van der Waals surface area contributed by atoms with Crippen LogP contribution in [0, 0.1) is 42.1 Å². The normalized spacial score (nSPS) is 10.6. The maximum Gasteiger partial charge on any atom is 0.253 e. The van der Waals surface area contributed by atoms with Gasteiger partial charge in [-0.25, -0.2) is 23.1 Å². The Morgan fingerprint density at radius 1 is 0.818 bits per heavy atom. The van der Waals surface area contributed by atoms with Gasteiger partial charge in [-0.2, -0.15) is 13.2 Å². The van der Waals surface area contributed by atoms with E-state index in [0.717, 1.165) is 35.5 Å². The van der Waals surface area contributed by atoms with Crippen LogP contribution >= 0.6 is 23.5 Å². The topological polar surface area (TPSA) is 35.0 Å². The lowest BCUT2D eigenvalue weighted by Crippen LogP contribution is -2.02. The zero-order valence-electron chi connectivity index (χ0n) is 18.1. The molecule has 0 saturated heterocycles. The average molecular weight is 507 g/mol. The summed E-state index contributed by atoms with van der Waals surface area (Å²) >= 11 is 1.88. The molecule has 2 heterocycles. The fourth-order valence-corrected chi connectivity index (χ4v) is 3.72. The van der Waals surface area contributed by atoms with E-state index in [1.165, 1.54) is 6.92 Å². The summed E-state index contributed by atoms with van der Waals surface area (Å²) in [5, 5.41) is -0.111. The van der Waals surface area contributed by atoms with Crippen LogP contribution in [0.25, 0.3) is 0 Å². The Bertz CT molecular complexity index is 1090. The van der Waals surface area contributed by atoms with E-state index in [1.807, 2.05) is 6.92 Å². The van der Waals surface area contributed by atoms with E-state index in [9.17, 15) is 26.3 Å². The van der Waals surface area contributed by atoms with Crippen LogP contribution in [0.5, 0.6) is 11.5 Å². The number of halogens is 6. The van der Waals surface area contributed by atoms with Gasteiger partial charge in [0, 0.05) is 0 Å². The monoisotopic (exact) mass is 506 g/mol. The molecule has 0 atom stereocenters. The first kappa shape index (κ1) is 26.8. The molecule has 0 saturated carbocycles. The molecular weight excluding hydrogens is 486 g/mol. The predicted octanol–water partition coefficient (Wildman–Crippen LogP) is 7.49. The summed E-state index contributed by atoms with van der Waals surface area (Å²) in [6.07, 6.45) is 2.40. The van der Waals surface area contributed by atoms with Crippen LogP contribution in [-0.2, 0) is 6.42 Å². The second-order valence-corrected chi connectivity index (χ2v) is 8.42. The molecule has 0 bridgehead atoms. The van der Waals surface area contributed by atoms with Crippen molar-refractivity contribution in [3.05, 3.63) is 70.7 Å². The van der Waals surface area contributed by atoms with Gasteiger partial charge in [-0.3, -0.25) is 0 Å². The first-order valence-electron chi connectivity index (χ1n) is 9.63. The number of pyridine rings is 2. The van der Waals surface area contributed by atoms with Crippen molar-refractivity contribution in [1.29, 1.82) is 0 Å². The van der Waals surface area contributed by atoms with E-state index in [0.29, 0.717) is 5.75 Å². The molecule has 0 aliphatic heterocycles. The first-order chi connectivity index (χ1) is 15.6. The van der Waals surface area contributed by atoms with Gasteiger partial charge in [-0.15, -0.1) is 23.5 Å². The highest BCUT2D eigenvalue weighted by molar-refractivity contribution is 7.99. The van der Waals surface area contributed by atoms with Crippen LogP contribution in [0.15, 0.2) is 34.2 Å². The van der Waals surface area contributed by atoms with E-state index in [4.69, 9.17) is 4.74 Å². The number of benzene rings is 1. The molecule has 178 valence electrons. The predicted molar refractivity (Wildman–Crippen MR) is 117 cm³/mol. The van der Waals surface area contributed by atoms with Gasteiger partial charge in [0.05, 0.1) is 10.6 Å². The van der Waals surface area contributed by atoms with Gasteiger partial charge in [0.25, 0.3) is 11.9 Å². The van der Waals surface area contributed by atoms with Crippen LogP contribution in [0.4, 0.5) is 26.3 Å². The largest absolute Gasteiger partial charge is 0.451 e.